The van der Waals surface area contributed by atoms with Crippen molar-refractivity contribution in [3.8, 4) is 0 Å². The number of aryl methyl sites for hydroxylation is 2. The Morgan fingerprint density at radius 1 is 1.12 bits per heavy atom. The summed E-state index contributed by atoms with van der Waals surface area (Å²) in [7, 11) is 0. The number of H-pyrrole nitrogens is 1. The van der Waals surface area contributed by atoms with E-state index in [2.05, 4.69) is 35.9 Å². The van der Waals surface area contributed by atoms with Crippen LogP contribution in [0.15, 0.2) is 52.4 Å². The number of halogens is 2. The number of hydrogen-bond donors (Lipinski definition) is 1. The summed E-state index contributed by atoms with van der Waals surface area (Å²) in [5, 5.41) is 0. The maximum Gasteiger partial charge on any atom is 0.276 e. The van der Waals surface area contributed by atoms with E-state index in [1.54, 1.807) is 30.7 Å². The summed E-state index contributed by atoms with van der Waals surface area (Å²) in [6.45, 7) is 0. The second-order valence-corrected chi connectivity index (χ2v) is 6.20. The molecule has 3 rings (SSSR count). The monoisotopic (exact) mass is 388 g/mol. The Balaban J connectivity index is 1.68. The third-order valence-electron chi connectivity index (χ3n) is 3.57. The van der Waals surface area contributed by atoms with Gasteiger partial charge in [-0.05, 0) is 45.6 Å². The summed E-state index contributed by atoms with van der Waals surface area (Å²) in [6, 6.07) is 4.87. The van der Waals surface area contributed by atoms with Gasteiger partial charge in [-0.25, -0.2) is 14.4 Å². The van der Waals surface area contributed by atoms with Crippen LogP contribution in [-0.2, 0) is 19.3 Å². The van der Waals surface area contributed by atoms with Crippen molar-refractivity contribution in [3.05, 3.63) is 86.3 Å². The molecule has 2 heterocycles. The number of aromatic amines is 1. The maximum atomic E-state index is 13.2. The Hall–Kier alpha value is -2.41. The zero-order chi connectivity index (χ0) is 16.9. The van der Waals surface area contributed by atoms with Crippen molar-refractivity contribution in [2.45, 2.75) is 19.3 Å². The molecule has 1 N–H and O–H groups in total. The highest BCUT2D eigenvalue weighted by atomic mass is 79.9. The van der Waals surface area contributed by atoms with Crippen molar-refractivity contribution in [2.75, 3.05) is 0 Å². The molecule has 0 aliphatic rings. The molecule has 1 aromatic carbocycles. The molecule has 0 bridgehead atoms. The molecule has 2 aromatic heterocycles. The minimum absolute atomic E-state index is 0.257. The summed E-state index contributed by atoms with van der Waals surface area (Å²) in [6.07, 6.45) is 8.14. The average molecular weight is 389 g/mol. The molecule has 0 aliphatic carbocycles. The molecular formula is C17H14BrFN4O. The smallest absolute Gasteiger partial charge is 0.276 e. The van der Waals surface area contributed by atoms with Gasteiger partial charge >= 0.3 is 0 Å². The number of rotatable bonds is 5. The molecule has 0 aliphatic heterocycles. The van der Waals surface area contributed by atoms with Crippen LogP contribution in [0.5, 0.6) is 0 Å². The molecule has 0 spiro atoms. The van der Waals surface area contributed by atoms with Crippen LogP contribution in [0.1, 0.15) is 22.5 Å². The van der Waals surface area contributed by atoms with E-state index < -0.39 is 0 Å². The molecule has 0 saturated carbocycles. The number of nitrogens with one attached hydrogen (secondary N) is 1. The van der Waals surface area contributed by atoms with E-state index in [0.717, 1.165) is 11.1 Å². The molecule has 3 aromatic rings. The van der Waals surface area contributed by atoms with Crippen molar-refractivity contribution in [1.82, 2.24) is 19.9 Å². The first-order chi connectivity index (χ1) is 11.6. The summed E-state index contributed by atoms with van der Waals surface area (Å²) < 4.78 is 13.7. The van der Waals surface area contributed by atoms with Crippen LogP contribution in [-0.4, -0.2) is 19.9 Å². The van der Waals surface area contributed by atoms with E-state index in [4.69, 9.17) is 0 Å². The maximum absolute atomic E-state index is 13.2. The highest BCUT2D eigenvalue weighted by Crippen LogP contribution is 2.17. The van der Waals surface area contributed by atoms with E-state index in [1.807, 2.05) is 0 Å². The van der Waals surface area contributed by atoms with Crippen molar-refractivity contribution < 1.29 is 4.39 Å². The molecule has 0 saturated heterocycles. The van der Waals surface area contributed by atoms with E-state index in [-0.39, 0.29) is 11.4 Å². The van der Waals surface area contributed by atoms with Gasteiger partial charge in [0.1, 0.15) is 18.0 Å². The summed E-state index contributed by atoms with van der Waals surface area (Å²) >= 11 is 3.17. The number of nitrogens with zero attached hydrogens (tertiary/aromatic N) is 3. The van der Waals surface area contributed by atoms with Crippen molar-refractivity contribution >= 4 is 15.9 Å². The average Bonchev–Trinajstić information content (AvgIpc) is 2.59. The molecule has 5 nitrogen and oxygen atoms in total. The van der Waals surface area contributed by atoms with Gasteiger partial charge in [0.25, 0.3) is 5.56 Å². The SMILES string of the molecule is O=c1nc(CCc2ccc(F)c(Br)c2)[nH]cc1Cc1cncnc1. The van der Waals surface area contributed by atoms with Gasteiger partial charge in [0.15, 0.2) is 0 Å². The van der Waals surface area contributed by atoms with E-state index in [9.17, 15) is 9.18 Å². The van der Waals surface area contributed by atoms with Gasteiger partial charge in [-0.2, -0.15) is 4.98 Å². The van der Waals surface area contributed by atoms with Gasteiger partial charge in [0.05, 0.1) is 4.47 Å². The van der Waals surface area contributed by atoms with Crippen LogP contribution >= 0.6 is 15.9 Å². The van der Waals surface area contributed by atoms with Crippen LogP contribution in [0.3, 0.4) is 0 Å². The van der Waals surface area contributed by atoms with Gasteiger partial charge in [0.2, 0.25) is 0 Å². The first-order valence-corrected chi connectivity index (χ1v) is 8.16. The molecule has 0 radical (unpaired) electrons. The second-order valence-electron chi connectivity index (χ2n) is 5.35. The fraction of sp³-hybridized carbons (Fsp3) is 0.176. The molecular weight excluding hydrogens is 375 g/mol. The molecule has 7 heteroatoms. The Morgan fingerprint density at radius 2 is 1.92 bits per heavy atom. The zero-order valence-electron chi connectivity index (χ0n) is 12.7. The van der Waals surface area contributed by atoms with E-state index in [0.29, 0.717) is 35.1 Å². The van der Waals surface area contributed by atoms with Gasteiger partial charge in [-0.15, -0.1) is 0 Å². The first-order valence-electron chi connectivity index (χ1n) is 7.37. The standard InChI is InChI=1S/C17H14BrFN4O/c18-14-6-11(1-3-15(14)19)2-4-16-22-9-13(17(24)23-16)5-12-7-20-10-21-8-12/h1,3,6-10H,2,4-5H2,(H,22,23,24). The summed E-state index contributed by atoms with van der Waals surface area (Å²) in [5.74, 6) is 0.313. The first kappa shape index (κ1) is 16.4. The predicted molar refractivity (Wildman–Crippen MR) is 91.2 cm³/mol. The van der Waals surface area contributed by atoms with Crippen LogP contribution in [0.4, 0.5) is 4.39 Å². The summed E-state index contributed by atoms with van der Waals surface area (Å²) in [4.78, 5) is 27.1. The van der Waals surface area contributed by atoms with Crippen LogP contribution < -0.4 is 5.56 Å². The van der Waals surface area contributed by atoms with Gasteiger partial charge < -0.3 is 4.98 Å². The van der Waals surface area contributed by atoms with Crippen LogP contribution in [0.2, 0.25) is 0 Å². The van der Waals surface area contributed by atoms with Gasteiger partial charge in [0, 0.05) is 37.0 Å². The molecule has 0 unspecified atom stereocenters. The highest BCUT2D eigenvalue weighted by Gasteiger charge is 2.06. The lowest BCUT2D eigenvalue weighted by Crippen LogP contribution is -2.17. The minimum Gasteiger partial charge on any atom is -0.350 e. The molecule has 0 atom stereocenters. The molecule has 0 amide bonds. The molecule has 122 valence electrons. The van der Waals surface area contributed by atoms with Crippen molar-refractivity contribution in [2.24, 2.45) is 0 Å². The fourth-order valence-corrected chi connectivity index (χ4v) is 2.74. The topological polar surface area (TPSA) is 71.5 Å². The quantitative estimate of drug-likeness (QED) is 0.729. The van der Waals surface area contributed by atoms with Crippen molar-refractivity contribution in [1.29, 1.82) is 0 Å². The normalized spacial score (nSPS) is 10.8. The van der Waals surface area contributed by atoms with Gasteiger partial charge in [-0.1, -0.05) is 6.07 Å². The number of aromatic nitrogens is 4. The largest absolute Gasteiger partial charge is 0.350 e. The van der Waals surface area contributed by atoms with E-state index in [1.165, 1.54) is 12.4 Å². The predicted octanol–water partition coefficient (Wildman–Crippen LogP) is 2.84. The summed E-state index contributed by atoms with van der Waals surface area (Å²) in [5.41, 5.74) is 2.14. The number of hydrogen-bond acceptors (Lipinski definition) is 4. The lowest BCUT2D eigenvalue weighted by molar-refractivity contribution is 0.620. The zero-order valence-corrected chi connectivity index (χ0v) is 14.3. The van der Waals surface area contributed by atoms with Crippen LogP contribution in [0, 0.1) is 5.82 Å². The lowest BCUT2D eigenvalue weighted by atomic mass is 10.1. The Kier molecular flexibility index (Phi) is 5.10. The fourth-order valence-electron chi connectivity index (χ4n) is 2.31. The highest BCUT2D eigenvalue weighted by molar-refractivity contribution is 9.10. The Bertz CT molecular complexity index is 899. The minimum atomic E-state index is -0.292. The van der Waals surface area contributed by atoms with Gasteiger partial charge in [-0.3, -0.25) is 4.79 Å². The second kappa shape index (κ2) is 7.44. The third kappa shape index (κ3) is 4.11. The third-order valence-corrected chi connectivity index (χ3v) is 4.18. The van der Waals surface area contributed by atoms with Crippen molar-refractivity contribution in [3.63, 3.8) is 0 Å². The Labute approximate surface area is 146 Å². The molecule has 24 heavy (non-hydrogen) atoms. The van der Waals surface area contributed by atoms with Crippen LogP contribution in [0.25, 0.3) is 0 Å². The Morgan fingerprint density at radius 3 is 2.62 bits per heavy atom. The number of benzene rings is 1. The van der Waals surface area contributed by atoms with E-state index >= 15 is 0 Å². The lowest BCUT2D eigenvalue weighted by Gasteiger charge is -2.05. The molecule has 0 fully saturated rings.